The monoisotopic (exact) mass is 195 g/mol. The highest BCUT2D eigenvalue weighted by Crippen LogP contribution is 2.49. The quantitative estimate of drug-likeness (QED) is 0.432. The number of thioether (sulfide) groups is 1. The van der Waals surface area contributed by atoms with Gasteiger partial charge in [0.1, 0.15) is 5.37 Å². The smallest absolute Gasteiger partial charge is 0.267 e. The molecule has 0 unspecified atom stereocenters. The Kier molecular flexibility index (Phi) is 1.26. The van der Waals surface area contributed by atoms with Gasteiger partial charge in [0.2, 0.25) is 4.33 Å². The predicted octanol–water partition coefficient (Wildman–Crippen LogP) is 1.55. The molecule has 0 aromatic carbocycles. The lowest BCUT2D eigenvalue weighted by molar-refractivity contribution is -0.138. The highest BCUT2D eigenvalue weighted by atomic mass is 35.5. The maximum absolute atomic E-state index is 11.0. The van der Waals surface area contributed by atoms with Gasteiger partial charge in [-0.3, -0.25) is 9.69 Å². The Morgan fingerprint density at radius 1 is 1.70 bits per heavy atom. The van der Waals surface area contributed by atoms with Crippen molar-refractivity contribution in [2.75, 3.05) is 0 Å². The molecule has 2 rings (SSSR count). The van der Waals surface area contributed by atoms with Gasteiger partial charge in [0.25, 0.3) is 5.91 Å². The molecule has 10 heavy (non-hydrogen) atoms. The summed E-state index contributed by atoms with van der Waals surface area (Å²) in [5.41, 5.74) is 0. The first kappa shape index (κ1) is 6.83. The van der Waals surface area contributed by atoms with Crippen molar-refractivity contribution in [3.05, 3.63) is 11.6 Å². The van der Waals surface area contributed by atoms with E-state index in [9.17, 15) is 4.79 Å². The number of hydrogen-bond donors (Lipinski definition) is 0. The number of carbonyl (C=O) groups excluding carboxylic acids is 1. The van der Waals surface area contributed by atoms with Crippen LogP contribution in [0, 0.1) is 0 Å². The van der Waals surface area contributed by atoms with Crippen LogP contribution in [0.2, 0.25) is 0 Å². The second-order valence-corrected chi connectivity index (χ2v) is 4.49. The first-order valence-electron chi connectivity index (χ1n) is 2.67. The summed E-state index contributed by atoms with van der Waals surface area (Å²) in [6.45, 7) is 0. The maximum atomic E-state index is 11.0. The van der Waals surface area contributed by atoms with E-state index in [0.29, 0.717) is 0 Å². The molecule has 0 aliphatic carbocycles. The molecule has 0 N–H and O–H groups in total. The number of nitrogens with zero attached hydrogens (tertiary/aromatic N) is 1. The summed E-state index contributed by atoms with van der Waals surface area (Å²) in [4.78, 5) is 12.5. The van der Waals surface area contributed by atoms with Gasteiger partial charge in [-0.1, -0.05) is 23.2 Å². The van der Waals surface area contributed by atoms with Gasteiger partial charge in [0, 0.05) is 6.20 Å². The Morgan fingerprint density at radius 2 is 2.40 bits per heavy atom. The van der Waals surface area contributed by atoms with E-state index in [1.54, 1.807) is 6.20 Å². The average Bonchev–Trinajstić information content (AvgIpc) is 2.31. The number of amides is 1. The molecule has 1 amide bonds. The predicted molar refractivity (Wildman–Crippen MR) is 41.8 cm³/mol. The molecule has 0 saturated carbocycles. The maximum Gasteiger partial charge on any atom is 0.267 e. The van der Waals surface area contributed by atoms with Crippen LogP contribution >= 0.6 is 35.0 Å². The van der Waals surface area contributed by atoms with Gasteiger partial charge < -0.3 is 0 Å². The van der Waals surface area contributed by atoms with E-state index in [1.165, 1.54) is 16.7 Å². The molecule has 1 saturated heterocycles. The molecule has 1 atom stereocenters. The number of fused-ring (bicyclic) bond motifs is 1. The van der Waals surface area contributed by atoms with Gasteiger partial charge in [-0.25, -0.2) is 0 Å². The summed E-state index contributed by atoms with van der Waals surface area (Å²) in [7, 11) is 0. The summed E-state index contributed by atoms with van der Waals surface area (Å²) in [5, 5.41) is 1.72. The zero-order chi connectivity index (χ0) is 7.35. The van der Waals surface area contributed by atoms with E-state index in [1.807, 2.05) is 5.41 Å². The molecule has 2 aliphatic heterocycles. The Bertz CT molecular complexity index is 228. The number of β-lactam (4-membered cyclic amide) rings is 1. The highest BCUT2D eigenvalue weighted by molar-refractivity contribution is 8.03. The van der Waals surface area contributed by atoms with Crippen LogP contribution in [0.4, 0.5) is 0 Å². The SMILES string of the molecule is O=C1N2C=CS[C@H]2C1(Cl)Cl. The summed E-state index contributed by atoms with van der Waals surface area (Å²) in [5.74, 6) is -0.220. The Hall–Kier alpha value is 0.140. The number of carbonyl (C=O) groups is 1. The van der Waals surface area contributed by atoms with Crippen LogP contribution < -0.4 is 0 Å². The van der Waals surface area contributed by atoms with Crippen LogP contribution in [0.15, 0.2) is 11.6 Å². The molecule has 54 valence electrons. The third kappa shape index (κ3) is 0.607. The van der Waals surface area contributed by atoms with Gasteiger partial charge in [-0.2, -0.15) is 0 Å². The minimum Gasteiger partial charge on any atom is -0.299 e. The molecule has 5 heteroatoms. The zero-order valence-corrected chi connectivity index (χ0v) is 7.08. The molecule has 0 radical (unpaired) electrons. The minimum absolute atomic E-state index is 0.0941. The lowest BCUT2D eigenvalue weighted by Gasteiger charge is -2.43. The minimum atomic E-state index is -1.19. The fourth-order valence-corrected chi connectivity index (χ4v) is 2.60. The van der Waals surface area contributed by atoms with E-state index in [-0.39, 0.29) is 11.3 Å². The van der Waals surface area contributed by atoms with E-state index in [4.69, 9.17) is 23.2 Å². The Balaban J connectivity index is 2.28. The van der Waals surface area contributed by atoms with Crippen molar-refractivity contribution in [2.24, 2.45) is 0 Å². The van der Waals surface area contributed by atoms with Crippen molar-refractivity contribution in [2.45, 2.75) is 9.71 Å². The fourth-order valence-electron chi connectivity index (χ4n) is 0.965. The molecular formula is C5H3Cl2NOS. The van der Waals surface area contributed by atoms with Gasteiger partial charge in [-0.05, 0) is 5.41 Å². The molecule has 0 bridgehead atoms. The molecular weight excluding hydrogens is 193 g/mol. The number of rotatable bonds is 0. The Labute approximate surface area is 72.1 Å². The normalized spacial score (nSPS) is 34.0. The van der Waals surface area contributed by atoms with E-state index < -0.39 is 4.33 Å². The third-order valence-electron chi connectivity index (χ3n) is 1.51. The van der Waals surface area contributed by atoms with Gasteiger partial charge in [-0.15, -0.1) is 11.8 Å². The summed E-state index contributed by atoms with van der Waals surface area (Å²) >= 11 is 12.8. The third-order valence-corrected chi connectivity index (χ3v) is 3.62. The number of alkyl halides is 2. The second-order valence-electron chi connectivity index (χ2n) is 2.11. The van der Waals surface area contributed by atoms with Gasteiger partial charge in [0.15, 0.2) is 0 Å². The van der Waals surface area contributed by atoms with Crippen molar-refractivity contribution >= 4 is 40.9 Å². The van der Waals surface area contributed by atoms with Crippen LogP contribution in [-0.4, -0.2) is 20.5 Å². The molecule has 2 nitrogen and oxygen atoms in total. The lowest BCUT2D eigenvalue weighted by Crippen LogP contribution is -2.62. The van der Waals surface area contributed by atoms with Crippen molar-refractivity contribution in [3.63, 3.8) is 0 Å². The van der Waals surface area contributed by atoms with Gasteiger partial charge in [0.05, 0.1) is 0 Å². The molecule has 2 aliphatic rings. The second kappa shape index (κ2) is 1.84. The van der Waals surface area contributed by atoms with Crippen LogP contribution in [0.3, 0.4) is 0 Å². The Morgan fingerprint density at radius 3 is 3.00 bits per heavy atom. The first-order valence-corrected chi connectivity index (χ1v) is 4.36. The summed E-state index contributed by atoms with van der Waals surface area (Å²) < 4.78 is -1.19. The summed E-state index contributed by atoms with van der Waals surface area (Å²) in [6.07, 6.45) is 1.70. The zero-order valence-electron chi connectivity index (χ0n) is 4.75. The van der Waals surface area contributed by atoms with Crippen LogP contribution in [0.25, 0.3) is 0 Å². The molecule has 1 fully saturated rings. The van der Waals surface area contributed by atoms with Crippen molar-refractivity contribution in [3.8, 4) is 0 Å². The number of hydrogen-bond acceptors (Lipinski definition) is 2. The van der Waals surface area contributed by atoms with Crippen molar-refractivity contribution in [1.82, 2.24) is 4.90 Å². The summed E-state index contributed by atoms with van der Waals surface area (Å²) in [6, 6.07) is 0. The molecule has 0 aromatic heterocycles. The molecule has 2 heterocycles. The fraction of sp³-hybridized carbons (Fsp3) is 0.400. The number of halogens is 2. The van der Waals surface area contributed by atoms with E-state index >= 15 is 0 Å². The topological polar surface area (TPSA) is 20.3 Å². The average molecular weight is 196 g/mol. The van der Waals surface area contributed by atoms with Crippen LogP contribution in [0.1, 0.15) is 0 Å². The van der Waals surface area contributed by atoms with Crippen molar-refractivity contribution < 1.29 is 4.79 Å². The van der Waals surface area contributed by atoms with Crippen LogP contribution in [-0.2, 0) is 4.79 Å². The van der Waals surface area contributed by atoms with E-state index in [0.717, 1.165) is 0 Å². The standard InChI is InChI=1S/C5H3Cl2NOS/c6-5(7)3(9)8-1-2-10-4(5)8/h1-2,4H/t4-/m0/s1. The first-order chi connectivity index (χ1) is 4.64. The molecule has 0 spiro atoms. The van der Waals surface area contributed by atoms with E-state index in [2.05, 4.69) is 0 Å². The highest BCUT2D eigenvalue weighted by Gasteiger charge is 2.60. The van der Waals surface area contributed by atoms with Crippen molar-refractivity contribution in [1.29, 1.82) is 0 Å². The molecule has 0 aromatic rings. The lowest BCUT2D eigenvalue weighted by atomic mass is 10.2. The van der Waals surface area contributed by atoms with Crippen LogP contribution in [0.5, 0.6) is 0 Å². The van der Waals surface area contributed by atoms with Gasteiger partial charge >= 0.3 is 0 Å². The largest absolute Gasteiger partial charge is 0.299 e.